The lowest BCUT2D eigenvalue weighted by Crippen LogP contribution is -2.19. The molecule has 0 unspecified atom stereocenters. The first kappa shape index (κ1) is 17.0. The summed E-state index contributed by atoms with van der Waals surface area (Å²) in [4.78, 5) is 12.0. The Balaban J connectivity index is 2.36. The molecule has 0 heterocycles. The molecule has 0 fully saturated rings. The van der Waals surface area contributed by atoms with Crippen molar-refractivity contribution in [1.82, 2.24) is 4.72 Å². The number of rotatable bonds is 4. The maximum Gasteiger partial charge on any atom is 0.258 e. The van der Waals surface area contributed by atoms with Gasteiger partial charge in [-0.2, -0.15) is 0 Å². The number of halogens is 2. The smallest absolute Gasteiger partial charge is 0.258 e. The van der Waals surface area contributed by atoms with Crippen molar-refractivity contribution in [2.75, 3.05) is 12.4 Å². The van der Waals surface area contributed by atoms with Crippen LogP contribution in [-0.2, 0) is 10.0 Å². The molecule has 0 aliphatic carbocycles. The van der Waals surface area contributed by atoms with Crippen molar-refractivity contribution in [3.05, 3.63) is 59.2 Å². The van der Waals surface area contributed by atoms with Crippen molar-refractivity contribution in [2.45, 2.75) is 11.8 Å². The van der Waals surface area contributed by atoms with Gasteiger partial charge in [-0.1, -0.05) is 6.07 Å². The molecule has 5 nitrogen and oxygen atoms in total. The predicted molar refractivity (Wildman–Crippen MR) is 81.7 cm³/mol. The highest BCUT2D eigenvalue weighted by Gasteiger charge is 2.16. The molecule has 2 aromatic carbocycles. The molecule has 0 spiro atoms. The summed E-state index contributed by atoms with van der Waals surface area (Å²) in [6.45, 7) is 1.66. The number of carbonyl (C=O) groups excluding carboxylic acids is 1. The Morgan fingerprint density at radius 3 is 2.39 bits per heavy atom. The van der Waals surface area contributed by atoms with Gasteiger partial charge in [0.15, 0.2) is 0 Å². The van der Waals surface area contributed by atoms with Gasteiger partial charge < -0.3 is 5.32 Å². The van der Waals surface area contributed by atoms with E-state index in [0.717, 1.165) is 12.1 Å². The van der Waals surface area contributed by atoms with Crippen molar-refractivity contribution < 1.29 is 22.0 Å². The molecule has 0 aromatic heterocycles. The van der Waals surface area contributed by atoms with Gasteiger partial charge in [0.2, 0.25) is 10.0 Å². The minimum Gasteiger partial charge on any atom is -0.322 e. The molecule has 2 rings (SSSR count). The Labute approximate surface area is 132 Å². The van der Waals surface area contributed by atoms with E-state index in [9.17, 15) is 22.0 Å². The summed E-state index contributed by atoms with van der Waals surface area (Å²) in [5.74, 6) is -2.60. The van der Waals surface area contributed by atoms with Gasteiger partial charge in [-0.15, -0.1) is 0 Å². The van der Waals surface area contributed by atoms with Crippen LogP contribution in [0.4, 0.5) is 14.5 Å². The molecular formula is C15H14F2N2O3S. The lowest BCUT2D eigenvalue weighted by molar-refractivity contribution is 0.102. The fraction of sp³-hybridized carbons (Fsp3) is 0.133. The van der Waals surface area contributed by atoms with Gasteiger partial charge in [0, 0.05) is 11.8 Å². The summed E-state index contributed by atoms with van der Waals surface area (Å²) >= 11 is 0. The minimum absolute atomic E-state index is 0.0412. The van der Waals surface area contributed by atoms with Gasteiger partial charge in [-0.3, -0.25) is 4.79 Å². The first-order valence-corrected chi connectivity index (χ1v) is 8.03. The average Bonchev–Trinajstić information content (AvgIpc) is 2.49. The van der Waals surface area contributed by atoms with Crippen molar-refractivity contribution in [3.8, 4) is 0 Å². The number of sulfonamides is 1. The Bertz CT molecular complexity index is 867. The number of hydrogen-bond donors (Lipinski definition) is 2. The molecule has 0 aliphatic heterocycles. The number of anilines is 1. The minimum atomic E-state index is -3.68. The highest BCUT2D eigenvalue weighted by molar-refractivity contribution is 7.89. The second kappa shape index (κ2) is 6.43. The van der Waals surface area contributed by atoms with Crippen LogP contribution in [0.15, 0.2) is 41.3 Å². The fourth-order valence-corrected chi connectivity index (χ4v) is 2.64. The summed E-state index contributed by atoms with van der Waals surface area (Å²) in [6, 6.07) is 6.75. The molecule has 8 heteroatoms. The molecule has 23 heavy (non-hydrogen) atoms. The van der Waals surface area contributed by atoms with E-state index in [-0.39, 0.29) is 16.1 Å². The Morgan fingerprint density at radius 1 is 1.09 bits per heavy atom. The number of amides is 1. The van der Waals surface area contributed by atoms with E-state index in [1.807, 2.05) is 0 Å². The molecule has 2 N–H and O–H groups in total. The van der Waals surface area contributed by atoms with Crippen LogP contribution in [0.2, 0.25) is 0 Å². The SMILES string of the molecule is CNS(=O)(=O)c1ccc(C)c(NC(=O)c2ccc(F)cc2F)c1. The standard InChI is InChI=1S/C15H14F2N2O3S/c1-9-3-5-11(23(21,22)18-2)8-14(9)19-15(20)12-6-4-10(16)7-13(12)17/h3-8,18H,1-2H3,(H,19,20). The molecule has 0 radical (unpaired) electrons. The monoisotopic (exact) mass is 340 g/mol. The maximum absolute atomic E-state index is 13.6. The lowest BCUT2D eigenvalue weighted by atomic mass is 10.1. The number of benzene rings is 2. The van der Waals surface area contributed by atoms with Crippen LogP contribution in [-0.4, -0.2) is 21.4 Å². The topological polar surface area (TPSA) is 75.3 Å². The van der Waals surface area contributed by atoms with Gasteiger partial charge in [0.05, 0.1) is 10.5 Å². The van der Waals surface area contributed by atoms with E-state index < -0.39 is 27.6 Å². The van der Waals surface area contributed by atoms with Gasteiger partial charge in [0.1, 0.15) is 11.6 Å². The van der Waals surface area contributed by atoms with Crippen LogP contribution in [0.3, 0.4) is 0 Å². The van der Waals surface area contributed by atoms with Crippen LogP contribution >= 0.6 is 0 Å². The molecule has 0 atom stereocenters. The van der Waals surface area contributed by atoms with E-state index in [4.69, 9.17) is 0 Å². The maximum atomic E-state index is 13.6. The summed E-state index contributed by atoms with van der Waals surface area (Å²) in [5, 5.41) is 2.43. The molecule has 0 aliphatic rings. The van der Waals surface area contributed by atoms with Gasteiger partial charge in [0.25, 0.3) is 5.91 Å². The van der Waals surface area contributed by atoms with Crippen molar-refractivity contribution in [3.63, 3.8) is 0 Å². The van der Waals surface area contributed by atoms with E-state index in [1.165, 1.54) is 25.2 Å². The molecule has 0 saturated heterocycles. The van der Waals surface area contributed by atoms with Gasteiger partial charge in [-0.25, -0.2) is 21.9 Å². The van der Waals surface area contributed by atoms with Crippen LogP contribution in [0.25, 0.3) is 0 Å². The second-order valence-corrected chi connectivity index (χ2v) is 6.65. The van der Waals surface area contributed by atoms with E-state index in [1.54, 1.807) is 6.92 Å². The Hall–Kier alpha value is -2.32. The highest BCUT2D eigenvalue weighted by atomic mass is 32.2. The van der Waals surface area contributed by atoms with Crippen molar-refractivity contribution >= 4 is 21.6 Å². The molecule has 122 valence electrons. The Kier molecular flexibility index (Phi) is 4.76. The fourth-order valence-electron chi connectivity index (χ4n) is 1.88. The number of nitrogens with one attached hydrogen (secondary N) is 2. The van der Waals surface area contributed by atoms with E-state index in [2.05, 4.69) is 10.0 Å². The zero-order valence-electron chi connectivity index (χ0n) is 12.4. The molecular weight excluding hydrogens is 326 g/mol. The van der Waals surface area contributed by atoms with E-state index >= 15 is 0 Å². The average molecular weight is 340 g/mol. The number of aryl methyl sites for hydroxylation is 1. The number of carbonyl (C=O) groups is 1. The molecule has 2 aromatic rings. The zero-order chi connectivity index (χ0) is 17.2. The largest absolute Gasteiger partial charge is 0.322 e. The summed E-state index contributed by atoms with van der Waals surface area (Å²) in [7, 11) is -2.41. The van der Waals surface area contributed by atoms with Gasteiger partial charge >= 0.3 is 0 Å². The quantitative estimate of drug-likeness (QED) is 0.898. The van der Waals surface area contributed by atoms with Crippen molar-refractivity contribution in [1.29, 1.82) is 0 Å². The second-order valence-electron chi connectivity index (χ2n) is 4.76. The van der Waals surface area contributed by atoms with E-state index in [0.29, 0.717) is 11.6 Å². The molecule has 0 bridgehead atoms. The highest BCUT2D eigenvalue weighted by Crippen LogP contribution is 2.21. The third kappa shape index (κ3) is 3.72. The number of hydrogen-bond acceptors (Lipinski definition) is 3. The zero-order valence-corrected chi connectivity index (χ0v) is 13.2. The van der Waals surface area contributed by atoms with Crippen molar-refractivity contribution in [2.24, 2.45) is 0 Å². The van der Waals surface area contributed by atoms with Crippen LogP contribution in [0, 0.1) is 18.6 Å². The first-order chi connectivity index (χ1) is 10.7. The predicted octanol–water partition coefficient (Wildman–Crippen LogP) is 2.43. The summed E-state index contributed by atoms with van der Waals surface area (Å²) in [6.07, 6.45) is 0. The van der Waals surface area contributed by atoms with Crippen LogP contribution in [0.1, 0.15) is 15.9 Å². The van der Waals surface area contributed by atoms with Gasteiger partial charge in [-0.05, 0) is 43.8 Å². The molecule has 1 amide bonds. The Morgan fingerprint density at radius 2 is 1.78 bits per heavy atom. The van der Waals surface area contributed by atoms with Crippen LogP contribution < -0.4 is 10.0 Å². The summed E-state index contributed by atoms with van der Waals surface area (Å²) in [5.41, 5.74) is 0.471. The third-order valence-corrected chi connectivity index (χ3v) is 4.62. The summed E-state index contributed by atoms with van der Waals surface area (Å²) < 4.78 is 52.2. The first-order valence-electron chi connectivity index (χ1n) is 6.55. The third-order valence-electron chi connectivity index (χ3n) is 3.21. The van der Waals surface area contributed by atoms with Crippen LogP contribution in [0.5, 0.6) is 0 Å². The molecule has 0 saturated carbocycles. The lowest BCUT2D eigenvalue weighted by Gasteiger charge is -2.11. The normalized spacial score (nSPS) is 11.3.